The van der Waals surface area contributed by atoms with Crippen LogP contribution in [0, 0.1) is 0 Å². The predicted molar refractivity (Wildman–Crippen MR) is 107 cm³/mol. The molecule has 0 fully saturated rings. The van der Waals surface area contributed by atoms with E-state index in [1.807, 2.05) is 53.2 Å². The van der Waals surface area contributed by atoms with Crippen molar-refractivity contribution in [3.05, 3.63) is 77.6 Å². The Bertz CT molecular complexity index is 935. The molecule has 0 bridgehead atoms. The highest BCUT2D eigenvalue weighted by molar-refractivity contribution is 5.92. The molecule has 1 aromatic heterocycles. The first kappa shape index (κ1) is 19.4. The summed E-state index contributed by atoms with van der Waals surface area (Å²) in [7, 11) is 4.72. The first-order chi connectivity index (χ1) is 13.7. The van der Waals surface area contributed by atoms with E-state index < -0.39 is 0 Å². The van der Waals surface area contributed by atoms with Gasteiger partial charge < -0.3 is 24.1 Å². The summed E-state index contributed by atoms with van der Waals surface area (Å²) in [6.07, 6.45) is 1.90. The molecule has 0 radical (unpaired) electrons. The van der Waals surface area contributed by atoms with Gasteiger partial charge in [-0.05, 0) is 23.8 Å². The van der Waals surface area contributed by atoms with Crippen molar-refractivity contribution in [2.75, 3.05) is 21.3 Å². The number of nitrogens with one attached hydrogen (secondary N) is 1. The molecule has 0 atom stereocenters. The van der Waals surface area contributed by atoms with Crippen LogP contribution in [-0.4, -0.2) is 31.8 Å². The van der Waals surface area contributed by atoms with Crippen LogP contribution in [-0.2, 0) is 13.1 Å². The van der Waals surface area contributed by atoms with Crippen LogP contribution in [0.2, 0.25) is 0 Å². The maximum Gasteiger partial charge on any atom is 0.268 e. The van der Waals surface area contributed by atoms with Gasteiger partial charge in [0, 0.05) is 30.9 Å². The monoisotopic (exact) mass is 380 g/mol. The third-order valence-electron chi connectivity index (χ3n) is 4.48. The maximum absolute atomic E-state index is 12.7. The normalized spacial score (nSPS) is 10.4. The minimum absolute atomic E-state index is 0.155. The van der Waals surface area contributed by atoms with Crippen LogP contribution in [0.25, 0.3) is 0 Å². The van der Waals surface area contributed by atoms with E-state index in [0.29, 0.717) is 36.0 Å². The minimum Gasteiger partial charge on any atom is -0.496 e. The van der Waals surface area contributed by atoms with Crippen molar-refractivity contribution >= 4 is 5.91 Å². The lowest BCUT2D eigenvalue weighted by molar-refractivity contribution is 0.0942. The second kappa shape index (κ2) is 8.99. The van der Waals surface area contributed by atoms with E-state index in [-0.39, 0.29) is 5.91 Å². The number of hydrogen-bond acceptors (Lipinski definition) is 4. The van der Waals surface area contributed by atoms with E-state index >= 15 is 0 Å². The van der Waals surface area contributed by atoms with Crippen molar-refractivity contribution in [2.45, 2.75) is 13.1 Å². The number of methoxy groups -OCH3 is 3. The zero-order valence-corrected chi connectivity index (χ0v) is 16.3. The first-order valence-electron chi connectivity index (χ1n) is 8.92. The van der Waals surface area contributed by atoms with Crippen LogP contribution in [0.15, 0.2) is 60.8 Å². The maximum atomic E-state index is 12.7. The van der Waals surface area contributed by atoms with E-state index in [9.17, 15) is 4.79 Å². The highest BCUT2D eigenvalue weighted by Gasteiger charge is 2.15. The number of hydrogen-bond donors (Lipinski definition) is 1. The number of aromatic nitrogens is 1. The molecular weight excluding hydrogens is 356 g/mol. The number of carbonyl (C=O) groups is 1. The Hall–Kier alpha value is -3.41. The van der Waals surface area contributed by atoms with Crippen molar-refractivity contribution in [2.24, 2.45) is 0 Å². The zero-order valence-electron chi connectivity index (χ0n) is 16.3. The molecule has 2 aromatic carbocycles. The van der Waals surface area contributed by atoms with Crippen LogP contribution in [0.3, 0.4) is 0 Å². The van der Waals surface area contributed by atoms with Crippen LogP contribution >= 0.6 is 0 Å². The number of ether oxygens (including phenoxy) is 3. The van der Waals surface area contributed by atoms with Gasteiger partial charge in [-0.15, -0.1) is 0 Å². The molecule has 1 N–H and O–H groups in total. The summed E-state index contributed by atoms with van der Waals surface area (Å²) in [4.78, 5) is 12.7. The fourth-order valence-corrected chi connectivity index (χ4v) is 3.03. The zero-order chi connectivity index (χ0) is 19.9. The van der Waals surface area contributed by atoms with Crippen LogP contribution < -0.4 is 19.5 Å². The van der Waals surface area contributed by atoms with Crippen LogP contribution in [0.5, 0.6) is 17.2 Å². The van der Waals surface area contributed by atoms with Crippen molar-refractivity contribution in [1.29, 1.82) is 0 Å². The number of amides is 1. The lowest BCUT2D eigenvalue weighted by Crippen LogP contribution is -2.25. The summed E-state index contributed by atoms with van der Waals surface area (Å²) in [6, 6.07) is 17.3. The molecule has 0 aliphatic carbocycles. The van der Waals surface area contributed by atoms with E-state index in [4.69, 9.17) is 14.2 Å². The first-order valence-corrected chi connectivity index (χ1v) is 8.92. The smallest absolute Gasteiger partial charge is 0.268 e. The third kappa shape index (κ3) is 4.28. The number of nitrogens with zero attached hydrogens (tertiary/aromatic N) is 1. The Morgan fingerprint density at radius 3 is 2.25 bits per heavy atom. The summed E-state index contributed by atoms with van der Waals surface area (Å²) in [6.45, 7) is 0.940. The fourth-order valence-electron chi connectivity index (χ4n) is 3.03. The fraction of sp³-hybridized carbons (Fsp3) is 0.227. The molecule has 0 aliphatic heterocycles. The second-order valence-corrected chi connectivity index (χ2v) is 6.21. The van der Waals surface area contributed by atoms with Gasteiger partial charge >= 0.3 is 0 Å². The average molecular weight is 380 g/mol. The molecule has 0 aliphatic rings. The van der Waals surface area contributed by atoms with Crippen molar-refractivity contribution < 1.29 is 19.0 Å². The van der Waals surface area contributed by atoms with E-state index in [2.05, 4.69) is 5.32 Å². The number of benzene rings is 2. The second-order valence-electron chi connectivity index (χ2n) is 6.21. The molecule has 0 unspecified atom stereocenters. The highest BCUT2D eigenvalue weighted by atomic mass is 16.5. The largest absolute Gasteiger partial charge is 0.496 e. The Labute approximate surface area is 164 Å². The predicted octanol–water partition coefficient (Wildman–Crippen LogP) is 3.49. The Morgan fingerprint density at radius 1 is 0.893 bits per heavy atom. The number of rotatable bonds is 8. The Morgan fingerprint density at radius 2 is 1.57 bits per heavy atom. The summed E-state index contributed by atoms with van der Waals surface area (Å²) < 4.78 is 18.0. The summed E-state index contributed by atoms with van der Waals surface area (Å²) in [5.41, 5.74) is 2.53. The average Bonchev–Trinajstić information content (AvgIpc) is 3.20. The number of carbonyl (C=O) groups excluding carboxylic acids is 1. The van der Waals surface area contributed by atoms with Crippen LogP contribution in [0.1, 0.15) is 21.6 Å². The van der Waals surface area contributed by atoms with Gasteiger partial charge in [0.15, 0.2) is 11.5 Å². The molecular formula is C22H24N2O4. The molecule has 1 amide bonds. The molecule has 0 saturated carbocycles. The van der Waals surface area contributed by atoms with Crippen molar-refractivity contribution in [3.63, 3.8) is 0 Å². The SMILES string of the molecule is COc1cc(OC)c(OC)cc1CNC(=O)c1cccn1Cc1ccccc1. The summed E-state index contributed by atoms with van der Waals surface area (Å²) >= 11 is 0. The lowest BCUT2D eigenvalue weighted by Gasteiger charge is -2.15. The quantitative estimate of drug-likeness (QED) is 0.650. The lowest BCUT2D eigenvalue weighted by atomic mass is 10.1. The van der Waals surface area contributed by atoms with Gasteiger partial charge in [0.25, 0.3) is 5.91 Å². The van der Waals surface area contributed by atoms with Gasteiger partial charge in [0.05, 0.1) is 21.3 Å². The van der Waals surface area contributed by atoms with Gasteiger partial charge in [-0.3, -0.25) is 4.79 Å². The molecule has 3 aromatic rings. The molecule has 0 saturated heterocycles. The molecule has 6 heteroatoms. The Balaban J connectivity index is 1.74. The van der Waals surface area contributed by atoms with Gasteiger partial charge in [0.1, 0.15) is 11.4 Å². The summed E-state index contributed by atoms with van der Waals surface area (Å²) in [5.74, 6) is 1.63. The van der Waals surface area contributed by atoms with E-state index in [0.717, 1.165) is 11.1 Å². The molecule has 6 nitrogen and oxygen atoms in total. The van der Waals surface area contributed by atoms with E-state index in [1.54, 1.807) is 33.5 Å². The van der Waals surface area contributed by atoms with E-state index in [1.165, 1.54) is 0 Å². The Kier molecular flexibility index (Phi) is 6.22. The standard InChI is InChI=1S/C22H24N2O4/c1-26-19-13-21(28-3)20(27-2)12-17(19)14-23-22(25)18-10-7-11-24(18)15-16-8-5-4-6-9-16/h4-13H,14-15H2,1-3H3,(H,23,25). The topological polar surface area (TPSA) is 61.7 Å². The molecule has 28 heavy (non-hydrogen) atoms. The molecule has 3 rings (SSSR count). The molecule has 0 spiro atoms. The van der Waals surface area contributed by atoms with Gasteiger partial charge in [0.2, 0.25) is 0 Å². The minimum atomic E-state index is -0.155. The summed E-state index contributed by atoms with van der Waals surface area (Å²) in [5, 5.41) is 2.95. The van der Waals surface area contributed by atoms with Gasteiger partial charge in [-0.1, -0.05) is 30.3 Å². The van der Waals surface area contributed by atoms with Crippen molar-refractivity contribution in [3.8, 4) is 17.2 Å². The van der Waals surface area contributed by atoms with Gasteiger partial charge in [-0.25, -0.2) is 0 Å². The van der Waals surface area contributed by atoms with Crippen LogP contribution in [0.4, 0.5) is 0 Å². The highest BCUT2D eigenvalue weighted by Crippen LogP contribution is 2.34. The van der Waals surface area contributed by atoms with Gasteiger partial charge in [-0.2, -0.15) is 0 Å². The van der Waals surface area contributed by atoms with Crippen molar-refractivity contribution in [1.82, 2.24) is 9.88 Å². The molecule has 146 valence electrons. The molecule has 1 heterocycles. The third-order valence-corrected chi connectivity index (χ3v) is 4.48.